The van der Waals surface area contributed by atoms with E-state index < -0.39 is 23.7 Å². The Kier molecular flexibility index (Phi) is 5.01. The molecule has 3 N–H and O–H groups in total. The fourth-order valence-corrected chi connectivity index (χ4v) is 3.00. The van der Waals surface area contributed by atoms with Crippen molar-refractivity contribution in [1.82, 2.24) is 10.6 Å². The van der Waals surface area contributed by atoms with Crippen LogP contribution in [0.4, 0.5) is 13.6 Å². The predicted molar refractivity (Wildman–Crippen MR) is 79.3 cm³/mol. The molecule has 4 nitrogen and oxygen atoms in total. The van der Waals surface area contributed by atoms with Crippen LogP contribution in [0.15, 0.2) is 18.2 Å². The molecule has 22 heavy (non-hydrogen) atoms. The maximum absolute atomic E-state index is 13.7. The van der Waals surface area contributed by atoms with Crippen LogP contribution in [0, 0.1) is 17.0 Å². The van der Waals surface area contributed by atoms with Gasteiger partial charge in [-0.25, -0.2) is 13.6 Å². The topological polar surface area (TPSA) is 61.4 Å². The van der Waals surface area contributed by atoms with Gasteiger partial charge >= 0.3 is 6.03 Å². The summed E-state index contributed by atoms with van der Waals surface area (Å²) in [5.41, 5.74) is -0.225. The van der Waals surface area contributed by atoms with Gasteiger partial charge in [-0.05, 0) is 25.8 Å². The third-order valence-corrected chi connectivity index (χ3v) is 4.54. The number of benzene rings is 1. The summed E-state index contributed by atoms with van der Waals surface area (Å²) < 4.78 is 26.9. The summed E-state index contributed by atoms with van der Waals surface area (Å²) in [6.45, 7) is 3.53. The van der Waals surface area contributed by atoms with E-state index in [2.05, 4.69) is 10.6 Å². The fourth-order valence-electron chi connectivity index (χ4n) is 3.00. The maximum Gasteiger partial charge on any atom is 0.315 e. The highest BCUT2D eigenvalue weighted by Gasteiger charge is 2.39. The molecule has 1 aliphatic carbocycles. The summed E-state index contributed by atoms with van der Waals surface area (Å²) in [5.74, 6) is -1.88. The molecule has 6 heteroatoms. The third-order valence-electron chi connectivity index (χ3n) is 4.54. The first-order chi connectivity index (χ1) is 10.4. The van der Waals surface area contributed by atoms with Crippen molar-refractivity contribution in [2.24, 2.45) is 5.41 Å². The minimum absolute atomic E-state index is 0.00598. The van der Waals surface area contributed by atoms with E-state index in [4.69, 9.17) is 0 Å². The molecule has 0 radical (unpaired) electrons. The average molecular weight is 312 g/mol. The fraction of sp³-hybridized carbons (Fsp3) is 0.562. The lowest BCUT2D eigenvalue weighted by Crippen LogP contribution is -2.49. The van der Waals surface area contributed by atoms with Crippen molar-refractivity contribution in [3.63, 3.8) is 0 Å². The van der Waals surface area contributed by atoms with E-state index in [0.717, 1.165) is 25.3 Å². The first-order valence-corrected chi connectivity index (χ1v) is 7.49. The van der Waals surface area contributed by atoms with E-state index in [1.165, 1.54) is 12.1 Å². The Bertz CT molecular complexity index is 553. The Morgan fingerprint density at radius 3 is 2.91 bits per heavy atom. The lowest BCUT2D eigenvalue weighted by molar-refractivity contribution is 0.121. The molecule has 2 amide bonds. The highest BCUT2D eigenvalue weighted by atomic mass is 19.2. The van der Waals surface area contributed by atoms with Gasteiger partial charge in [0, 0.05) is 17.0 Å². The van der Waals surface area contributed by atoms with Gasteiger partial charge in [-0.2, -0.15) is 0 Å². The van der Waals surface area contributed by atoms with Gasteiger partial charge in [-0.3, -0.25) is 0 Å². The zero-order chi connectivity index (χ0) is 16.3. The normalized spacial score (nSPS) is 25.8. The van der Waals surface area contributed by atoms with Crippen molar-refractivity contribution >= 4 is 6.03 Å². The zero-order valence-corrected chi connectivity index (χ0v) is 12.8. The van der Waals surface area contributed by atoms with Gasteiger partial charge in [0.1, 0.15) is 0 Å². The molecular weight excluding hydrogens is 290 g/mol. The van der Waals surface area contributed by atoms with Gasteiger partial charge in [0.2, 0.25) is 0 Å². The van der Waals surface area contributed by atoms with Gasteiger partial charge in [-0.15, -0.1) is 0 Å². The van der Waals surface area contributed by atoms with Crippen molar-refractivity contribution < 1.29 is 18.7 Å². The molecule has 0 aliphatic heterocycles. The monoisotopic (exact) mass is 312 g/mol. The first kappa shape index (κ1) is 16.7. The number of rotatable bonds is 4. The number of halogens is 2. The van der Waals surface area contributed by atoms with E-state index in [0.29, 0.717) is 0 Å². The van der Waals surface area contributed by atoms with Gasteiger partial charge in [0.15, 0.2) is 11.6 Å². The lowest BCUT2D eigenvalue weighted by Gasteiger charge is -2.30. The van der Waals surface area contributed by atoms with Crippen LogP contribution in [0.25, 0.3) is 0 Å². The summed E-state index contributed by atoms with van der Waals surface area (Å²) in [7, 11) is 0. The molecule has 0 spiro atoms. The lowest BCUT2D eigenvalue weighted by atomic mass is 9.86. The van der Waals surface area contributed by atoms with Crippen LogP contribution in [0.5, 0.6) is 0 Å². The molecule has 0 bridgehead atoms. The van der Waals surface area contributed by atoms with E-state index in [-0.39, 0.29) is 23.6 Å². The van der Waals surface area contributed by atoms with Gasteiger partial charge in [0.25, 0.3) is 0 Å². The number of aliphatic hydroxyl groups excluding tert-OH is 1. The summed E-state index contributed by atoms with van der Waals surface area (Å²) in [6.07, 6.45) is 2.59. The molecule has 1 saturated carbocycles. The zero-order valence-electron chi connectivity index (χ0n) is 12.8. The van der Waals surface area contributed by atoms with Crippen molar-refractivity contribution in [3.8, 4) is 0 Å². The van der Waals surface area contributed by atoms with Crippen LogP contribution < -0.4 is 10.6 Å². The maximum atomic E-state index is 13.7. The van der Waals surface area contributed by atoms with Crippen LogP contribution in [0.1, 0.15) is 44.7 Å². The number of hydrogen-bond acceptors (Lipinski definition) is 2. The van der Waals surface area contributed by atoms with E-state index >= 15 is 0 Å². The second-order valence-electron chi connectivity index (χ2n) is 6.24. The summed E-state index contributed by atoms with van der Waals surface area (Å²) in [5, 5.41) is 14.9. The van der Waals surface area contributed by atoms with Crippen LogP contribution in [-0.2, 0) is 0 Å². The Labute approximate surface area is 128 Å². The highest BCUT2D eigenvalue weighted by molar-refractivity contribution is 5.75. The van der Waals surface area contributed by atoms with Gasteiger partial charge in [-0.1, -0.05) is 25.5 Å². The number of urea groups is 1. The number of carbonyl (C=O) groups excluding carboxylic acids is 1. The molecule has 1 aromatic carbocycles. The van der Waals surface area contributed by atoms with Crippen LogP contribution in [-0.4, -0.2) is 23.8 Å². The highest BCUT2D eigenvalue weighted by Crippen LogP contribution is 2.37. The molecule has 0 saturated heterocycles. The average Bonchev–Trinajstić information content (AvgIpc) is 2.83. The summed E-state index contributed by atoms with van der Waals surface area (Å²) >= 11 is 0. The number of nitrogens with one attached hydrogen (secondary N) is 2. The summed E-state index contributed by atoms with van der Waals surface area (Å²) in [4.78, 5) is 12.1. The Hall–Kier alpha value is -1.69. The molecule has 2 rings (SSSR count). The smallest absolute Gasteiger partial charge is 0.315 e. The molecule has 0 aromatic heterocycles. The number of carbonyl (C=O) groups is 1. The third kappa shape index (κ3) is 3.38. The van der Waals surface area contributed by atoms with E-state index in [1.807, 2.05) is 6.92 Å². The quantitative estimate of drug-likeness (QED) is 0.800. The molecule has 3 unspecified atom stereocenters. The Balaban J connectivity index is 1.98. The second kappa shape index (κ2) is 6.60. The van der Waals surface area contributed by atoms with E-state index in [9.17, 15) is 18.7 Å². The SMILES string of the molecule is CC(NC(=O)NC1CCCC1(C)CO)c1cccc(F)c1F. The van der Waals surface area contributed by atoms with E-state index in [1.54, 1.807) is 6.92 Å². The molecule has 1 aliphatic rings. The van der Waals surface area contributed by atoms with Crippen molar-refractivity contribution in [2.45, 2.75) is 45.2 Å². The van der Waals surface area contributed by atoms with Crippen molar-refractivity contribution in [3.05, 3.63) is 35.4 Å². The molecule has 1 fully saturated rings. The van der Waals surface area contributed by atoms with Crippen LogP contribution in [0.3, 0.4) is 0 Å². The number of amides is 2. The van der Waals surface area contributed by atoms with Crippen LogP contribution in [0.2, 0.25) is 0 Å². The van der Waals surface area contributed by atoms with Crippen LogP contribution >= 0.6 is 0 Å². The predicted octanol–water partition coefficient (Wildman–Crippen LogP) is 2.88. The van der Waals surface area contributed by atoms with Gasteiger partial charge in [0.05, 0.1) is 12.6 Å². The first-order valence-electron chi connectivity index (χ1n) is 7.49. The minimum atomic E-state index is -0.948. The van der Waals surface area contributed by atoms with Gasteiger partial charge < -0.3 is 15.7 Å². The molecule has 3 atom stereocenters. The number of aliphatic hydroxyl groups is 1. The minimum Gasteiger partial charge on any atom is -0.396 e. The largest absolute Gasteiger partial charge is 0.396 e. The molecule has 0 heterocycles. The second-order valence-corrected chi connectivity index (χ2v) is 6.24. The number of hydrogen-bond donors (Lipinski definition) is 3. The molecular formula is C16H22F2N2O2. The standard InChI is InChI=1S/C16H22F2N2O2/c1-10(11-5-3-6-12(17)14(11)18)19-15(22)20-13-7-4-8-16(13,2)9-21/h3,5-6,10,13,21H,4,7-9H2,1-2H3,(H2,19,20,22). The van der Waals surface area contributed by atoms with Crippen molar-refractivity contribution in [2.75, 3.05) is 6.61 Å². The Morgan fingerprint density at radius 1 is 1.50 bits per heavy atom. The summed E-state index contributed by atoms with van der Waals surface area (Å²) in [6, 6.07) is 2.67. The molecule has 1 aromatic rings. The Morgan fingerprint density at radius 2 is 2.23 bits per heavy atom. The van der Waals surface area contributed by atoms with Crippen molar-refractivity contribution in [1.29, 1.82) is 0 Å². The molecule has 122 valence electrons.